The van der Waals surface area contributed by atoms with Crippen molar-refractivity contribution in [2.45, 2.75) is 6.92 Å². The van der Waals surface area contributed by atoms with E-state index in [1.54, 1.807) is 0 Å². The van der Waals surface area contributed by atoms with Crippen molar-refractivity contribution in [3.8, 4) is 0 Å². The van der Waals surface area contributed by atoms with Gasteiger partial charge in [0, 0.05) is 12.2 Å². The minimum absolute atomic E-state index is 0. The SMILES string of the molecule is C=CCNc1cccc(C)c1.Cl. The predicted molar refractivity (Wildman–Crippen MR) is 57.1 cm³/mol. The van der Waals surface area contributed by atoms with Crippen molar-refractivity contribution in [1.29, 1.82) is 0 Å². The Balaban J connectivity index is 0.00000121. The number of benzene rings is 1. The summed E-state index contributed by atoms with van der Waals surface area (Å²) in [6.07, 6.45) is 1.85. The maximum absolute atomic E-state index is 3.64. The van der Waals surface area contributed by atoms with E-state index in [2.05, 4.69) is 37.0 Å². The summed E-state index contributed by atoms with van der Waals surface area (Å²) in [4.78, 5) is 0. The molecule has 1 rings (SSSR count). The lowest BCUT2D eigenvalue weighted by atomic mass is 10.2. The van der Waals surface area contributed by atoms with Gasteiger partial charge in [-0.05, 0) is 24.6 Å². The van der Waals surface area contributed by atoms with Crippen molar-refractivity contribution in [2.24, 2.45) is 0 Å². The van der Waals surface area contributed by atoms with Crippen LogP contribution in [0.2, 0.25) is 0 Å². The lowest BCUT2D eigenvalue weighted by Crippen LogP contribution is -1.96. The molecule has 0 saturated carbocycles. The molecule has 0 radical (unpaired) electrons. The molecule has 0 aliphatic carbocycles. The van der Waals surface area contributed by atoms with Crippen LogP contribution in [0.3, 0.4) is 0 Å². The summed E-state index contributed by atoms with van der Waals surface area (Å²) in [5.74, 6) is 0. The van der Waals surface area contributed by atoms with Gasteiger partial charge in [-0.15, -0.1) is 19.0 Å². The molecule has 1 aromatic rings. The smallest absolute Gasteiger partial charge is 0.0345 e. The summed E-state index contributed by atoms with van der Waals surface area (Å²) in [7, 11) is 0. The van der Waals surface area contributed by atoms with Gasteiger partial charge in [-0.2, -0.15) is 0 Å². The largest absolute Gasteiger partial charge is 0.382 e. The second-order valence-corrected chi connectivity index (χ2v) is 2.54. The quantitative estimate of drug-likeness (QED) is 0.711. The van der Waals surface area contributed by atoms with E-state index in [-0.39, 0.29) is 12.4 Å². The molecule has 0 atom stereocenters. The van der Waals surface area contributed by atoms with Crippen LogP contribution in [0.4, 0.5) is 5.69 Å². The highest BCUT2D eigenvalue weighted by Crippen LogP contribution is 2.08. The van der Waals surface area contributed by atoms with Crippen molar-refractivity contribution >= 4 is 18.1 Å². The fourth-order valence-electron chi connectivity index (χ4n) is 0.945. The molecule has 0 fully saturated rings. The van der Waals surface area contributed by atoms with Crippen LogP contribution in [0.1, 0.15) is 5.56 Å². The first-order valence-corrected chi connectivity index (χ1v) is 3.74. The summed E-state index contributed by atoms with van der Waals surface area (Å²) in [5.41, 5.74) is 2.43. The Bertz CT molecular complexity index is 245. The fraction of sp³-hybridized carbons (Fsp3) is 0.200. The summed E-state index contributed by atoms with van der Waals surface area (Å²) in [6, 6.07) is 8.29. The van der Waals surface area contributed by atoms with Crippen LogP contribution in [0.25, 0.3) is 0 Å². The summed E-state index contributed by atoms with van der Waals surface area (Å²) < 4.78 is 0. The van der Waals surface area contributed by atoms with E-state index in [0.29, 0.717) is 0 Å². The molecule has 1 nitrogen and oxygen atoms in total. The summed E-state index contributed by atoms with van der Waals surface area (Å²) in [6.45, 7) is 6.54. The molecule has 66 valence electrons. The van der Waals surface area contributed by atoms with Gasteiger partial charge in [0.25, 0.3) is 0 Å². The van der Waals surface area contributed by atoms with E-state index < -0.39 is 0 Å². The Morgan fingerprint density at radius 3 is 2.83 bits per heavy atom. The predicted octanol–water partition coefficient (Wildman–Crippen LogP) is 3.01. The third kappa shape index (κ3) is 3.44. The molecule has 0 aliphatic rings. The van der Waals surface area contributed by atoms with Crippen LogP contribution in [0, 0.1) is 6.92 Å². The molecule has 0 aromatic heterocycles. The maximum Gasteiger partial charge on any atom is 0.0345 e. The van der Waals surface area contributed by atoms with Crippen LogP contribution >= 0.6 is 12.4 Å². The topological polar surface area (TPSA) is 12.0 Å². The minimum atomic E-state index is 0. The molecule has 1 N–H and O–H groups in total. The van der Waals surface area contributed by atoms with Gasteiger partial charge in [-0.3, -0.25) is 0 Å². The van der Waals surface area contributed by atoms with Crippen molar-refractivity contribution in [2.75, 3.05) is 11.9 Å². The van der Waals surface area contributed by atoms with Gasteiger partial charge in [0.05, 0.1) is 0 Å². The standard InChI is InChI=1S/C10H13N.ClH/c1-3-7-11-10-6-4-5-9(2)8-10;/h3-6,8,11H,1,7H2,2H3;1H. The third-order valence-electron chi connectivity index (χ3n) is 1.47. The number of halogens is 1. The van der Waals surface area contributed by atoms with Crippen molar-refractivity contribution < 1.29 is 0 Å². The zero-order chi connectivity index (χ0) is 8.10. The third-order valence-corrected chi connectivity index (χ3v) is 1.47. The van der Waals surface area contributed by atoms with Gasteiger partial charge in [0.15, 0.2) is 0 Å². The van der Waals surface area contributed by atoms with Crippen LogP contribution < -0.4 is 5.32 Å². The van der Waals surface area contributed by atoms with Gasteiger partial charge < -0.3 is 5.32 Å². The van der Waals surface area contributed by atoms with Crippen molar-refractivity contribution in [3.63, 3.8) is 0 Å². The normalized spacial score (nSPS) is 8.42. The van der Waals surface area contributed by atoms with Crippen LogP contribution in [-0.2, 0) is 0 Å². The Labute approximate surface area is 79.9 Å². The average Bonchev–Trinajstić information content (AvgIpc) is 2.01. The number of aryl methyl sites for hydroxylation is 1. The van der Waals surface area contributed by atoms with Gasteiger partial charge in [-0.25, -0.2) is 0 Å². The van der Waals surface area contributed by atoms with E-state index in [1.165, 1.54) is 5.56 Å². The number of hydrogen-bond donors (Lipinski definition) is 1. The zero-order valence-corrected chi connectivity index (χ0v) is 8.03. The number of nitrogens with one attached hydrogen (secondary N) is 1. The highest BCUT2D eigenvalue weighted by atomic mass is 35.5. The Morgan fingerprint density at radius 1 is 1.50 bits per heavy atom. The van der Waals surface area contributed by atoms with E-state index in [9.17, 15) is 0 Å². The van der Waals surface area contributed by atoms with Gasteiger partial charge >= 0.3 is 0 Å². The van der Waals surface area contributed by atoms with Crippen LogP contribution in [0.15, 0.2) is 36.9 Å². The van der Waals surface area contributed by atoms with E-state index in [0.717, 1.165) is 12.2 Å². The number of rotatable bonds is 3. The van der Waals surface area contributed by atoms with Crippen LogP contribution in [-0.4, -0.2) is 6.54 Å². The monoisotopic (exact) mass is 183 g/mol. The lowest BCUT2D eigenvalue weighted by molar-refractivity contribution is 1.33. The highest BCUT2D eigenvalue weighted by molar-refractivity contribution is 5.85. The molecule has 12 heavy (non-hydrogen) atoms. The first-order chi connectivity index (χ1) is 5.33. The van der Waals surface area contributed by atoms with E-state index in [4.69, 9.17) is 0 Å². The first-order valence-electron chi connectivity index (χ1n) is 3.74. The molecule has 0 heterocycles. The molecule has 0 aliphatic heterocycles. The fourth-order valence-corrected chi connectivity index (χ4v) is 0.945. The van der Waals surface area contributed by atoms with Crippen molar-refractivity contribution in [1.82, 2.24) is 0 Å². The molecule has 2 heteroatoms. The molecule has 1 aromatic carbocycles. The van der Waals surface area contributed by atoms with Gasteiger partial charge in [-0.1, -0.05) is 18.2 Å². The number of anilines is 1. The molecule has 0 saturated heterocycles. The Morgan fingerprint density at radius 2 is 2.25 bits per heavy atom. The molecule has 0 unspecified atom stereocenters. The Hall–Kier alpha value is -0.950. The van der Waals surface area contributed by atoms with Crippen molar-refractivity contribution in [3.05, 3.63) is 42.5 Å². The molecule has 0 spiro atoms. The molecular weight excluding hydrogens is 170 g/mol. The summed E-state index contributed by atoms with van der Waals surface area (Å²) in [5, 5.41) is 3.22. The first kappa shape index (κ1) is 11.1. The molecule has 0 amide bonds. The molecule has 0 bridgehead atoms. The Kier molecular flexibility index (Phi) is 5.22. The zero-order valence-electron chi connectivity index (χ0n) is 7.21. The van der Waals surface area contributed by atoms with Gasteiger partial charge in [0.2, 0.25) is 0 Å². The van der Waals surface area contributed by atoms with Crippen LogP contribution in [0.5, 0.6) is 0 Å². The second kappa shape index (κ2) is 5.67. The molecular formula is C10H14ClN. The second-order valence-electron chi connectivity index (χ2n) is 2.54. The van der Waals surface area contributed by atoms with E-state index >= 15 is 0 Å². The summed E-state index contributed by atoms with van der Waals surface area (Å²) >= 11 is 0. The van der Waals surface area contributed by atoms with E-state index in [1.807, 2.05) is 12.1 Å². The maximum atomic E-state index is 3.64. The number of hydrogen-bond acceptors (Lipinski definition) is 1. The minimum Gasteiger partial charge on any atom is -0.382 e. The highest BCUT2D eigenvalue weighted by Gasteiger charge is 1.87. The average molecular weight is 184 g/mol. The van der Waals surface area contributed by atoms with Gasteiger partial charge in [0.1, 0.15) is 0 Å². The lowest BCUT2D eigenvalue weighted by Gasteiger charge is -2.02.